The lowest BCUT2D eigenvalue weighted by Crippen LogP contribution is -1.60. The third-order valence-electron chi connectivity index (χ3n) is 0.818. The summed E-state index contributed by atoms with van der Waals surface area (Å²) >= 11 is 0. The summed E-state index contributed by atoms with van der Waals surface area (Å²) in [6.45, 7) is 0. The number of phenols is 1. The maximum absolute atomic E-state index is 10.3. The number of rotatable bonds is 0. The first-order valence-corrected chi connectivity index (χ1v) is 2.25. The zero-order valence-corrected chi connectivity index (χ0v) is 4.16. The number of benzene rings is 1. The third kappa shape index (κ3) is 0.904. The molecule has 0 saturated carbocycles. The molecule has 0 amide bonds. The van der Waals surface area contributed by atoms with Gasteiger partial charge >= 0.3 is 0 Å². The Morgan fingerprint density at radius 2 is 2.12 bits per heavy atom. The van der Waals surface area contributed by atoms with Crippen LogP contribution >= 0.6 is 0 Å². The fourth-order valence-electron chi connectivity index (χ4n) is 0.484. The van der Waals surface area contributed by atoms with Crippen molar-refractivity contribution >= 4 is 0 Å². The van der Waals surface area contributed by atoms with Gasteiger partial charge in [-0.05, 0) is 12.1 Å². The molecule has 1 aromatic rings. The van der Waals surface area contributed by atoms with E-state index in [1.165, 1.54) is 24.3 Å². The quantitative estimate of drug-likeness (QED) is 0.539. The lowest BCUT2D eigenvalue weighted by atomic mass is 10.3. The molecule has 2 heteroatoms. The standard InChI is InChI=1S/C6H5O2/c7-5-2-1-3-6(8)4-5/h1-4,7H. The predicted molar refractivity (Wildman–Crippen MR) is 28.2 cm³/mol. The van der Waals surface area contributed by atoms with E-state index in [2.05, 4.69) is 0 Å². The second-order valence-corrected chi connectivity index (χ2v) is 1.50. The van der Waals surface area contributed by atoms with Gasteiger partial charge in [-0.1, -0.05) is 6.07 Å². The average molecular weight is 109 g/mol. The fraction of sp³-hybridized carbons (Fsp3) is 0. The van der Waals surface area contributed by atoms with E-state index in [9.17, 15) is 5.11 Å². The van der Waals surface area contributed by atoms with Gasteiger partial charge in [0.25, 0.3) is 0 Å². The molecule has 1 rings (SSSR count). The molecule has 0 atom stereocenters. The molecule has 8 heavy (non-hydrogen) atoms. The van der Waals surface area contributed by atoms with Gasteiger partial charge in [-0.25, -0.2) is 0 Å². The molecule has 0 heterocycles. The second-order valence-electron chi connectivity index (χ2n) is 1.50. The lowest BCUT2D eigenvalue weighted by Gasteiger charge is -1.86. The molecule has 41 valence electrons. The van der Waals surface area contributed by atoms with Crippen molar-refractivity contribution in [2.75, 3.05) is 0 Å². The van der Waals surface area contributed by atoms with Crippen LogP contribution in [0.3, 0.4) is 0 Å². The van der Waals surface area contributed by atoms with E-state index in [-0.39, 0.29) is 11.5 Å². The van der Waals surface area contributed by atoms with Gasteiger partial charge in [-0.3, -0.25) is 5.11 Å². The predicted octanol–water partition coefficient (Wildman–Crippen LogP) is 1.54. The van der Waals surface area contributed by atoms with Crippen molar-refractivity contribution in [3.05, 3.63) is 24.3 Å². The SMILES string of the molecule is [O]c1cccc(O)c1. The normalized spacial score (nSPS) is 9.00. The van der Waals surface area contributed by atoms with E-state index < -0.39 is 0 Å². The molecule has 0 unspecified atom stereocenters. The van der Waals surface area contributed by atoms with Crippen LogP contribution in [0.4, 0.5) is 0 Å². The van der Waals surface area contributed by atoms with E-state index in [0.29, 0.717) is 0 Å². The van der Waals surface area contributed by atoms with Crippen LogP contribution in [-0.2, 0) is 5.11 Å². The zero-order chi connectivity index (χ0) is 5.98. The Morgan fingerprint density at radius 3 is 2.50 bits per heavy atom. The highest BCUT2D eigenvalue weighted by Gasteiger charge is 1.88. The van der Waals surface area contributed by atoms with Gasteiger partial charge in [0.2, 0.25) is 0 Å². The largest absolute Gasteiger partial charge is 0.508 e. The minimum absolute atomic E-state index is 0.0255. The molecule has 0 fully saturated rings. The van der Waals surface area contributed by atoms with Crippen LogP contribution in [0.5, 0.6) is 11.5 Å². The molecule has 0 bridgehead atoms. The lowest BCUT2D eigenvalue weighted by molar-refractivity contribution is 0.351. The van der Waals surface area contributed by atoms with Crippen molar-refractivity contribution in [2.45, 2.75) is 0 Å². The van der Waals surface area contributed by atoms with Gasteiger partial charge in [0.1, 0.15) is 5.75 Å². The van der Waals surface area contributed by atoms with Crippen LogP contribution < -0.4 is 0 Å². The van der Waals surface area contributed by atoms with Crippen molar-refractivity contribution in [1.82, 2.24) is 0 Å². The first kappa shape index (κ1) is 4.97. The van der Waals surface area contributed by atoms with Crippen LogP contribution in [0.15, 0.2) is 24.3 Å². The highest BCUT2D eigenvalue weighted by Crippen LogP contribution is 2.15. The molecule has 1 radical (unpaired) electrons. The Hall–Kier alpha value is -1.18. The van der Waals surface area contributed by atoms with E-state index in [0.717, 1.165) is 0 Å². The summed E-state index contributed by atoms with van der Waals surface area (Å²) in [4.78, 5) is 0. The number of hydrogen-bond acceptors (Lipinski definition) is 1. The summed E-state index contributed by atoms with van der Waals surface area (Å²) in [6, 6.07) is 5.53. The van der Waals surface area contributed by atoms with Crippen LogP contribution in [0.1, 0.15) is 0 Å². The van der Waals surface area contributed by atoms with Crippen molar-refractivity contribution in [1.29, 1.82) is 0 Å². The highest BCUT2D eigenvalue weighted by molar-refractivity contribution is 5.30. The van der Waals surface area contributed by atoms with Gasteiger partial charge < -0.3 is 5.11 Å². The molecule has 1 N–H and O–H groups in total. The average Bonchev–Trinajstić information content (AvgIpc) is 1.64. The number of hydrogen-bond donors (Lipinski definition) is 1. The molecule has 0 saturated heterocycles. The molecule has 2 nitrogen and oxygen atoms in total. The van der Waals surface area contributed by atoms with Crippen molar-refractivity contribution in [3.8, 4) is 11.5 Å². The summed E-state index contributed by atoms with van der Waals surface area (Å²) in [5.41, 5.74) is 0. The molecule has 1 aromatic carbocycles. The highest BCUT2D eigenvalue weighted by atomic mass is 16.3. The Balaban J connectivity index is 3.08. The van der Waals surface area contributed by atoms with Crippen LogP contribution in [-0.4, -0.2) is 5.11 Å². The minimum Gasteiger partial charge on any atom is -0.508 e. The first-order chi connectivity index (χ1) is 3.79. The summed E-state index contributed by atoms with van der Waals surface area (Å²) in [5.74, 6) is -0.137. The molecular weight excluding hydrogens is 104 g/mol. The Labute approximate surface area is 47.0 Å². The van der Waals surface area contributed by atoms with Crippen LogP contribution in [0.2, 0.25) is 0 Å². The molecule has 0 aliphatic carbocycles. The van der Waals surface area contributed by atoms with Gasteiger partial charge in [0, 0.05) is 6.07 Å². The summed E-state index contributed by atoms with van der Waals surface area (Å²) in [6.07, 6.45) is 0. The molecular formula is C6H5O2. The Bertz CT molecular complexity index is 166. The fourth-order valence-corrected chi connectivity index (χ4v) is 0.484. The monoisotopic (exact) mass is 109 g/mol. The Morgan fingerprint density at radius 1 is 1.38 bits per heavy atom. The van der Waals surface area contributed by atoms with Gasteiger partial charge in [-0.2, -0.15) is 0 Å². The van der Waals surface area contributed by atoms with Gasteiger partial charge in [-0.15, -0.1) is 0 Å². The van der Waals surface area contributed by atoms with E-state index >= 15 is 0 Å². The molecule has 0 aromatic heterocycles. The van der Waals surface area contributed by atoms with Crippen LogP contribution in [0.25, 0.3) is 0 Å². The maximum atomic E-state index is 10.3. The number of aromatic hydroxyl groups is 1. The minimum atomic E-state index is -0.162. The summed E-state index contributed by atoms with van der Waals surface area (Å²) in [5, 5.41) is 18.9. The molecule has 0 aliphatic rings. The summed E-state index contributed by atoms with van der Waals surface area (Å²) in [7, 11) is 0. The van der Waals surface area contributed by atoms with Crippen molar-refractivity contribution in [3.63, 3.8) is 0 Å². The topological polar surface area (TPSA) is 40.1 Å². The zero-order valence-electron chi connectivity index (χ0n) is 4.16. The first-order valence-electron chi connectivity index (χ1n) is 2.25. The molecule has 0 aliphatic heterocycles. The maximum Gasteiger partial charge on any atom is 0.182 e. The smallest absolute Gasteiger partial charge is 0.182 e. The van der Waals surface area contributed by atoms with E-state index in [4.69, 9.17) is 5.11 Å². The molecule has 0 spiro atoms. The van der Waals surface area contributed by atoms with Crippen molar-refractivity contribution < 1.29 is 10.2 Å². The van der Waals surface area contributed by atoms with E-state index in [1.54, 1.807) is 0 Å². The van der Waals surface area contributed by atoms with E-state index in [1.807, 2.05) is 0 Å². The van der Waals surface area contributed by atoms with Crippen molar-refractivity contribution in [2.24, 2.45) is 0 Å². The van der Waals surface area contributed by atoms with Gasteiger partial charge in [0.15, 0.2) is 5.75 Å². The number of phenolic OH excluding ortho intramolecular Hbond substituents is 1. The summed E-state index contributed by atoms with van der Waals surface area (Å²) < 4.78 is 0. The third-order valence-corrected chi connectivity index (χ3v) is 0.818. The second kappa shape index (κ2) is 1.74. The van der Waals surface area contributed by atoms with Gasteiger partial charge in [0.05, 0.1) is 0 Å². The Kier molecular flexibility index (Phi) is 1.08. The van der Waals surface area contributed by atoms with Crippen LogP contribution in [0, 0.1) is 0 Å².